The molecule has 26 heteroatoms. The molecule has 2 aromatic rings. The normalized spacial score (nSPS) is 24.2. The monoisotopic (exact) mass is 1170 g/mol. The van der Waals surface area contributed by atoms with E-state index in [-0.39, 0.29) is 37.6 Å². The summed E-state index contributed by atoms with van der Waals surface area (Å²) in [6.45, 7) is 7.37. The van der Waals surface area contributed by atoms with Crippen LogP contribution in [-0.4, -0.2) is 184 Å². The summed E-state index contributed by atoms with van der Waals surface area (Å²) in [7, 11) is 0. The van der Waals surface area contributed by atoms with Crippen LogP contribution in [0.15, 0.2) is 23.2 Å². The van der Waals surface area contributed by atoms with E-state index in [4.69, 9.17) is 19.9 Å². The number of hydrogen-bond acceptors (Lipinski definition) is 18. The molecule has 1 aromatic carbocycles. The Labute approximate surface area is 480 Å². The molecule has 0 unspecified atom stereocenters. The van der Waals surface area contributed by atoms with Crippen molar-refractivity contribution in [2.24, 2.45) is 29.4 Å². The number of ketones is 3. The Morgan fingerprint density at radius 2 is 1.52 bits per heavy atom. The number of carbonyl (C=O) groups is 11. The zero-order valence-electron chi connectivity index (χ0n) is 47.6. The van der Waals surface area contributed by atoms with Crippen molar-refractivity contribution in [1.82, 2.24) is 36.5 Å². The summed E-state index contributed by atoms with van der Waals surface area (Å²) in [5, 5.41) is 45.8. The van der Waals surface area contributed by atoms with Gasteiger partial charge >= 0.3 is 5.97 Å². The topological polar surface area (TPSA) is 381 Å². The molecule has 454 valence electrons. The molecule has 0 radical (unpaired) electrons. The van der Waals surface area contributed by atoms with Gasteiger partial charge in [0.2, 0.25) is 41.4 Å². The third-order valence-electron chi connectivity index (χ3n) is 14.7. The highest BCUT2D eigenvalue weighted by molar-refractivity contribution is 7.99. The summed E-state index contributed by atoms with van der Waals surface area (Å²) in [5.41, 5.74) is 5.93. The second-order valence-corrected chi connectivity index (χ2v) is 23.6. The maximum atomic E-state index is 14.8. The van der Waals surface area contributed by atoms with Crippen molar-refractivity contribution in [3.05, 3.63) is 23.8 Å². The van der Waals surface area contributed by atoms with E-state index in [2.05, 4.69) is 31.6 Å². The number of nitrogens with zero attached hydrogens (tertiary/aromatic N) is 1. The van der Waals surface area contributed by atoms with E-state index in [1.807, 2.05) is 0 Å². The Morgan fingerprint density at radius 1 is 0.841 bits per heavy atom. The molecule has 25 nitrogen and oxygen atoms in total. The van der Waals surface area contributed by atoms with E-state index in [0.717, 1.165) is 35.9 Å². The first-order chi connectivity index (χ1) is 38.8. The summed E-state index contributed by atoms with van der Waals surface area (Å²) >= 11 is 1.05. The third kappa shape index (κ3) is 19.9. The maximum absolute atomic E-state index is 14.8. The Morgan fingerprint density at radius 3 is 2.21 bits per heavy atom. The third-order valence-corrected chi connectivity index (χ3v) is 15.9. The molecule has 4 heterocycles. The van der Waals surface area contributed by atoms with E-state index in [1.165, 1.54) is 6.92 Å². The van der Waals surface area contributed by atoms with Crippen LogP contribution >= 0.6 is 11.8 Å². The van der Waals surface area contributed by atoms with Crippen molar-refractivity contribution in [2.45, 2.75) is 166 Å². The number of carbonyl (C=O) groups excluding carboxylic acids is 11. The van der Waals surface area contributed by atoms with Gasteiger partial charge in [0.25, 0.3) is 0 Å². The van der Waals surface area contributed by atoms with E-state index < -0.39 is 170 Å². The van der Waals surface area contributed by atoms with Crippen LogP contribution in [0.1, 0.15) is 118 Å². The molecule has 1 aromatic heterocycles. The van der Waals surface area contributed by atoms with Gasteiger partial charge in [0.1, 0.15) is 36.6 Å². The van der Waals surface area contributed by atoms with Gasteiger partial charge in [-0.15, -0.1) is 11.8 Å². The van der Waals surface area contributed by atoms with Crippen LogP contribution in [0.2, 0.25) is 0 Å². The number of ether oxygens (including phenoxy) is 3. The smallest absolute Gasteiger partial charge is 0.332 e. The number of primary amides is 1. The van der Waals surface area contributed by atoms with Crippen LogP contribution < -0.4 is 37.1 Å². The van der Waals surface area contributed by atoms with Crippen molar-refractivity contribution < 1.29 is 82.3 Å². The van der Waals surface area contributed by atoms with E-state index in [0.29, 0.717) is 59.5 Å². The summed E-state index contributed by atoms with van der Waals surface area (Å²) in [5.74, 6) is -12.4. The molecular weight excluding hydrogens is 1090 g/mol. The summed E-state index contributed by atoms with van der Waals surface area (Å²) in [6.07, 6.45) is -0.970. The lowest BCUT2D eigenvalue weighted by Crippen LogP contribution is -2.56. The summed E-state index contributed by atoms with van der Waals surface area (Å²) < 4.78 is 16.6. The number of nitrogens with one attached hydrogen (secondary N) is 6. The number of hydrogen-bond donors (Lipinski definition) is 10. The zero-order valence-corrected chi connectivity index (χ0v) is 48.5. The molecule has 2 bridgehead atoms. The maximum Gasteiger partial charge on any atom is 0.332 e. The molecule has 3 aliphatic rings. The largest absolute Gasteiger partial charge is 0.494 e. The van der Waals surface area contributed by atoms with Gasteiger partial charge in [-0.2, -0.15) is 0 Å². The molecule has 7 amide bonds. The van der Waals surface area contributed by atoms with Crippen molar-refractivity contribution in [2.75, 3.05) is 51.8 Å². The van der Waals surface area contributed by atoms with Gasteiger partial charge in [-0.1, -0.05) is 46.5 Å². The van der Waals surface area contributed by atoms with Gasteiger partial charge in [0.15, 0.2) is 17.3 Å². The number of fused-ring (bicyclic) bond motifs is 5. The van der Waals surface area contributed by atoms with Gasteiger partial charge in [-0.3, -0.25) is 47.9 Å². The molecule has 82 heavy (non-hydrogen) atoms. The fourth-order valence-corrected chi connectivity index (χ4v) is 11.2. The number of unbranched alkanes of at least 4 members (excludes halogenated alkanes) is 4. The van der Waals surface area contributed by atoms with E-state index in [1.54, 1.807) is 52.8 Å². The number of H-pyrrole nitrogens is 1. The number of Topliss-reactive ketones (excluding diaryl/α,β-unsaturated/α-hetero) is 3. The van der Waals surface area contributed by atoms with Gasteiger partial charge in [0, 0.05) is 67.7 Å². The highest BCUT2D eigenvalue weighted by atomic mass is 32.2. The molecule has 5 rings (SSSR count). The molecule has 10 atom stereocenters. The number of esters is 1. The summed E-state index contributed by atoms with van der Waals surface area (Å²) in [6, 6.07) is -0.513. The number of nitrogens with two attached hydrogens (primary N) is 1. The second-order valence-electron chi connectivity index (χ2n) is 22.5. The number of aliphatic hydroxyl groups is 3. The number of rotatable bonds is 20. The number of aliphatic hydroxyl groups excluding tert-OH is 3. The van der Waals surface area contributed by atoms with Crippen LogP contribution in [0.3, 0.4) is 0 Å². The average Bonchev–Trinajstić information content (AvgIpc) is 4.11. The van der Waals surface area contributed by atoms with Gasteiger partial charge in [-0.05, 0) is 63.6 Å². The van der Waals surface area contributed by atoms with Crippen LogP contribution in [0.4, 0.5) is 0 Å². The minimum absolute atomic E-state index is 0.115. The Balaban J connectivity index is 1.50. The fraction of sp³-hybridized carbons (Fsp3) is 0.661. The molecule has 0 spiro atoms. The molecule has 0 aliphatic carbocycles. The van der Waals surface area contributed by atoms with Crippen molar-refractivity contribution >= 4 is 87.3 Å². The highest BCUT2D eigenvalue weighted by Crippen LogP contribution is 2.36. The first kappa shape index (κ1) is 66.3. The molecule has 0 saturated carbocycles. The van der Waals surface area contributed by atoms with E-state index in [9.17, 15) is 68.1 Å². The predicted molar refractivity (Wildman–Crippen MR) is 297 cm³/mol. The van der Waals surface area contributed by atoms with Crippen molar-refractivity contribution in [1.29, 1.82) is 0 Å². The predicted octanol–water partition coefficient (Wildman–Crippen LogP) is 0.187. The number of aromatic nitrogens is 1. The van der Waals surface area contributed by atoms with E-state index >= 15 is 0 Å². The zero-order chi connectivity index (χ0) is 60.4. The lowest BCUT2D eigenvalue weighted by Gasteiger charge is -2.32. The lowest BCUT2D eigenvalue weighted by atomic mass is 9.85. The Bertz CT molecular complexity index is 2640. The lowest BCUT2D eigenvalue weighted by molar-refractivity contribution is -0.160. The Hall–Kier alpha value is -6.48. The van der Waals surface area contributed by atoms with Gasteiger partial charge in [-0.25, -0.2) is 4.79 Å². The quantitative estimate of drug-likeness (QED) is 0.0625. The highest BCUT2D eigenvalue weighted by Gasteiger charge is 2.45. The number of amides is 7. The second kappa shape index (κ2) is 31.3. The van der Waals surface area contributed by atoms with Crippen LogP contribution in [0, 0.1) is 23.7 Å². The first-order valence-electron chi connectivity index (χ1n) is 28.1. The SMILES string of the molecule is CC[C@H](C)[C@@H]1NC(=O)CNC(=O)[C@@H]2CC(=O)[C@H]([C@@H](C)[C@@H](O)CO)NC(=O)[C@@H]3C[C@@H](O)CN3C(=O)[C@H](CC(N)=O)CC(=O)[C@H](CSc3[nH]c4cc(OCCCCCCCC(=O)COCC(=O)OC(C)(C)C)ccc4c3C2)NC(=O)CNC1=O. The number of benzene rings is 1. The van der Waals surface area contributed by atoms with Crippen LogP contribution in [0.25, 0.3) is 10.9 Å². The molecule has 3 aliphatic heterocycles. The molecule has 1 saturated heterocycles. The van der Waals surface area contributed by atoms with Crippen molar-refractivity contribution in [3.8, 4) is 5.75 Å². The van der Waals surface area contributed by atoms with Crippen molar-refractivity contribution in [3.63, 3.8) is 0 Å². The fourth-order valence-electron chi connectivity index (χ4n) is 10.0. The van der Waals surface area contributed by atoms with Crippen LogP contribution in [-0.2, 0) is 68.6 Å². The van der Waals surface area contributed by atoms with Gasteiger partial charge in [0.05, 0.1) is 67.1 Å². The molecule has 11 N–H and O–H groups in total. The number of thioether (sulfide) groups is 1. The molecule has 1 fully saturated rings. The van der Waals surface area contributed by atoms with Crippen LogP contribution in [0.5, 0.6) is 5.75 Å². The minimum atomic E-state index is -1.61. The standard InChI is InChI=1S/C56H82N8O17S/c1-7-30(2)49-53(77)59-23-46(72)60-40-29-82-54-38(37-15-14-36(22-39(37)61-54)80-16-12-10-8-9-11-13-34(66)27-79-28-48(74)81-56(4,5)6)17-32(51(75)58-24-47(73)62-49)18-43(69)50(31(3)44(70)26-65)63-52(76)41-21-35(67)25-64(41)55(78)33(19-42(40)68)20-45(57)71/h14-15,22,30-33,35,40-41,44,49-50,61,65,67,70H,7-13,16-21,23-29H2,1-6H3,(H2,57,71)(H,58,75)(H,59,77)(H,60,72)(H,62,73)(H,63,76)/t30-,31-,32-,33-,35+,40-,41-,44-,49-,50-/m0/s1. The summed E-state index contributed by atoms with van der Waals surface area (Å²) in [4.78, 5) is 155. The average molecular weight is 1170 g/mol. The minimum Gasteiger partial charge on any atom is -0.494 e. The number of aromatic amines is 1. The Kier molecular flexibility index (Phi) is 25.3. The first-order valence-corrected chi connectivity index (χ1v) is 29.0. The molecular formula is C56H82N8O17S. The van der Waals surface area contributed by atoms with Gasteiger partial charge < -0.3 is 71.7 Å².